The van der Waals surface area contributed by atoms with E-state index in [-0.39, 0.29) is 29.4 Å². The first-order valence-electron chi connectivity index (χ1n) is 13.9. The summed E-state index contributed by atoms with van der Waals surface area (Å²) < 4.78 is 0. The number of nitrogens with zero attached hydrogens (tertiary/aromatic N) is 4. The van der Waals surface area contributed by atoms with E-state index < -0.39 is 24.7 Å². The lowest BCUT2D eigenvalue weighted by Crippen LogP contribution is -2.51. The maximum absolute atomic E-state index is 13.6. The maximum atomic E-state index is 13.6. The molecular formula is C28H36N4O6. The molecule has 0 unspecified atom stereocenters. The maximum Gasteiger partial charge on any atom is 0.254 e. The average molecular weight is 525 g/mol. The van der Waals surface area contributed by atoms with Crippen molar-refractivity contribution in [1.29, 1.82) is 0 Å². The molecule has 0 saturated carbocycles. The molecule has 38 heavy (non-hydrogen) atoms. The van der Waals surface area contributed by atoms with E-state index in [1.165, 1.54) is 4.90 Å². The molecule has 4 aliphatic rings. The lowest BCUT2D eigenvalue weighted by Gasteiger charge is -2.31. The largest absolute Gasteiger partial charge is 0.389 e. The number of aliphatic hydroxyl groups is 1. The first kappa shape index (κ1) is 26.3. The summed E-state index contributed by atoms with van der Waals surface area (Å²) in [6, 6.07) is 4.76. The number of ketones is 1. The zero-order chi connectivity index (χ0) is 26.8. The second-order valence-electron chi connectivity index (χ2n) is 10.7. The first-order valence-corrected chi connectivity index (χ1v) is 13.9. The van der Waals surface area contributed by atoms with E-state index in [4.69, 9.17) is 0 Å². The number of benzene rings is 1. The molecular weight excluding hydrogens is 488 g/mol. The molecule has 0 aromatic heterocycles. The summed E-state index contributed by atoms with van der Waals surface area (Å²) in [6.07, 6.45) is 5.78. The third-order valence-electron chi connectivity index (χ3n) is 8.44. The van der Waals surface area contributed by atoms with Gasteiger partial charge in [-0.25, -0.2) is 0 Å². The second kappa shape index (κ2) is 11.2. The van der Waals surface area contributed by atoms with Crippen molar-refractivity contribution >= 4 is 29.4 Å². The normalized spacial score (nSPS) is 25.3. The second-order valence-corrected chi connectivity index (χ2v) is 10.7. The molecule has 0 aliphatic carbocycles. The highest BCUT2D eigenvalue weighted by atomic mass is 16.3. The highest BCUT2D eigenvalue weighted by Crippen LogP contribution is 2.28. The van der Waals surface area contributed by atoms with E-state index in [0.717, 1.165) is 32.4 Å². The number of hydrogen-bond donors (Lipinski definition) is 1. The Labute approximate surface area is 222 Å². The van der Waals surface area contributed by atoms with Gasteiger partial charge in [-0.1, -0.05) is 6.07 Å². The highest BCUT2D eigenvalue weighted by Gasteiger charge is 2.42. The fraction of sp³-hybridized carbons (Fsp3) is 0.607. The summed E-state index contributed by atoms with van der Waals surface area (Å²) in [5.41, 5.74) is 0.675. The number of carbonyl (C=O) groups is 5. The number of Topliss-reactive ketones (excluding diaryl/α,β-unsaturated/α-hetero) is 1. The van der Waals surface area contributed by atoms with E-state index in [9.17, 15) is 29.1 Å². The van der Waals surface area contributed by atoms with Crippen LogP contribution in [0.4, 0.5) is 0 Å². The van der Waals surface area contributed by atoms with Crippen LogP contribution in [0.3, 0.4) is 0 Å². The summed E-state index contributed by atoms with van der Waals surface area (Å²) in [5.74, 6) is -1.20. The molecule has 4 fully saturated rings. The number of aliphatic hydroxyl groups excluding tert-OH is 1. The number of rotatable bonds is 6. The van der Waals surface area contributed by atoms with E-state index >= 15 is 0 Å². The van der Waals surface area contributed by atoms with E-state index in [0.29, 0.717) is 62.9 Å². The molecule has 0 spiro atoms. The Bertz CT molecular complexity index is 1120. The minimum Gasteiger partial charge on any atom is -0.389 e. The highest BCUT2D eigenvalue weighted by molar-refractivity contribution is 6.03. The van der Waals surface area contributed by atoms with Gasteiger partial charge in [0.1, 0.15) is 18.7 Å². The summed E-state index contributed by atoms with van der Waals surface area (Å²) in [5, 5.41) is 9.30. The van der Waals surface area contributed by atoms with Crippen LogP contribution < -0.4 is 0 Å². The quantitative estimate of drug-likeness (QED) is 0.595. The molecule has 4 amide bonds. The summed E-state index contributed by atoms with van der Waals surface area (Å²) in [6.45, 7) is 2.23. The molecule has 204 valence electrons. The number of carbonyl (C=O) groups excluding carboxylic acids is 5. The molecule has 3 atom stereocenters. The van der Waals surface area contributed by atoms with Crippen molar-refractivity contribution in [3.8, 4) is 0 Å². The van der Waals surface area contributed by atoms with Crippen LogP contribution in [0.25, 0.3) is 0 Å². The molecule has 0 radical (unpaired) electrons. The van der Waals surface area contributed by atoms with Crippen molar-refractivity contribution in [2.24, 2.45) is 0 Å². The van der Waals surface area contributed by atoms with Gasteiger partial charge in [0.05, 0.1) is 6.04 Å². The van der Waals surface area contributed by atoms with Gasteiger partial charge in [0.2, 0.25) is 11.8 Å². The van der Waals surface area contributed by atoms with Crippen LogP contribution in [0.1, 0.15) is 72.1 Å². The summed E-state index contributed by atoms with van der Waals surface area (Å²) in [4.78, 5) is 72.1. The van der Waals surface area contributed by atoms with E-state index in [2.05, 4.69) is 0 Å². The predicted octanol–water partition coefficient (Wildman–Crippen LogP) is 1.07. The topological polar surface area (TPSA) is 119 Å². The van der Waals surface area contributed by atoms with E-state index in [1.807, 2.05) is 4.90 Å². The Morgan fingerprint density at radius 3 is 1.71 bits per heavy atom. The summed E-state index contributed by atoms with van der Waals surface area (Å²) >= 11 is 0. The van der Waals surface area contributed by atoms with Crippen molar-refractivity contribution in [3.05, 3.63) is 35.4 Å². The number of hydrogen-bond acceptors (Lipinski definition) is 6. The van der Waals surface area contributed by atoms with Gasteiger partial charge < -0.3 is 24.7 Å². The van der Waals surface area contributed by atoms with Crippen LogP contribution in [0, 0.1) is 0 Å². The Morgan fingerprint density at radius 2 is 1.16 bits per heavy atom. The molecule has 4 saturated heterocycles. The fourth-order valence-electron chi connectivity index (χ4n) is 6.46. The Balaban J connectivity index is 1.30. The molecule has 4 aliphatic heterocycles. The van der Waals surface area contributed by atoms with Crippen molar-refractivity contribution in [1.82, 2.24) is 19.6 Å². The first-order chi connectivity index (χ1) is 18.4. The van der Waals surface area contributed by atoms with Gasteiger partial charge in [-0.05, 0) is 69.6 Å². The van der Waals surface area contributed by atoms with Crippen LogP contribution in [-0.4, -0.2) is 112 Å². The summed E-state index contributed by atoms with van der Waals surface area (Å²) in [7, 11) is 0. The van der Waals surface area contributed by atoms with Crippen LogP contribution in [0.5, 0.6) is 0 Å². The number of amides is 4. The molecule has 1 N–H and O–H groups in total. The van der Waals surface area contributed by atoms with Gasteiger partial charge in [0, 0.05) is 43.9 Å². The zero-order valence-corrected chi connectivity index (χ0v) is 21.7. The molecule has 4 heterocycles. The molecule has 1 aromatic rings. The third-order valence-corrected chi connectivity index (χ3v) is 8.44. The van der Waals surface area contributed by atoms with Gasteiger partial charge in [0.25, 0.3) is 11.8 Å². The minimum absolute atomic E-state index is 0.0129. The Morgan fingerprint density at radius 1 is 0.658 bits per heavy atom. The molecule has 0 bridgehead atoms. The van der Waals surface area contributed by atoms with Crippen molar-refractivity contribution in [2.75, 3.05) is 39.3 Å². The monoisotopic (exact) mass is 524 g/mol. The molecule has 10 nitrogen and oxygen atoms in total. The SMILES string of the molecule is O=C(CO)[C@@H]1CCCN1C(=O)[C@H]1CCCN1C(=O)c1cccc(C(=O)N2CCC[C@H]2C(=O)N2CCCC2)c1. The average Bonchev–Trinajstić information content (AvgIpc) is 3.77. The smallest absolute Gasteiger partial charge is 0.254 e. The number of likely N-dealkylation sites (tertiary alicyclic amines) is 4. The Hall–Kier alpha value is -3.27. The standard InChI is InChI=1S/C28H36N4O6/c33-18-24(34)21-9-4-14-30(21)28(38)23-11-6-16-32(23)26(36)20-8-3-7-19(17-20)25(35)31-15-5-10-22(31)27(37)29-12-1-2-13-29/h3,7-8,17,21-23,33H,1-2,4-6,9-16,18H2/t21-,22-,23+/m0/s1. The van der Waals surface area contributed by atoms with Gasteiger partial charge in [-0.15, -0.1) is 0 Å². The lowest BCUT2D eigenvalue weighted by atomic mass is 10.1. The Kier molecular flexibility index (Phi) is 7.78. The van der Waals surface area contributed by atoms with Crippen LogP contribution >= 0.6 is 0 Å². The van der Waals surface area contributed by atoms with Crippen molar-refractivity contribution in [2.45, 2.75) is 69.5 Å². The predicted molar refractivity (Wildman–Crippen MR) is 137 cm³/mol. The molecule has 10 heteroatoms. The van der Waals surface area contributed by atoms with Crippen molar-refractivity contribution < 1.29 is 29.1 Å². The van der Waals surface area contributed by atoms with Crippen LogP contribution in [0.15, 0.2) is 24.3 Å². The fourth-order valence-corrected chi connectivity index (χ4v) is 6.46. The van der Waals surface area contributed by atoms with Crippen molar-refractivity contribution in [3.63, 3.8) is 0 Å². The van der Waals surface area contributed by atoms with Crippen LogP contribution in [-0.2, 0) is 14.4 Å². The third kappa shape index (κ3) is 4.93. The van der Waals surface area contributed by atoms with Crippen LogP contribution in [0.2, 0.25) is 0 Å². The van der Waals surface area contributed by atoms with Gasteiger partial charge >= 0.3 is 0 Å². The molecule has 5 rings (SSSR count). The molecule has 1 aromatic carbocycles. The zero-order valence-electron chi connectivity index (χ0n) is 21.7. The van der Waals surface area contributed by atoms with Gasteiger partial charge in [-0.3, -0.25) is 24.0 Å². The van der Waals surface area contributed by atoms with Gasteiger partial charge in [-0.2, -0.15) is 0 Å². The minimum atomic E-state index is -0.671. The van der Waals surface area contributed by atoms with Gasteiger partial charge in [0.15, 0.2) is 5.78 Å². The lowest BCUT2D eigenvalue weighted by molar-refractivity contribution is -0.141. The van der Waals surface area contributed by atoms with E-state index in [1.54, 1.807) is 34.1 Å².